The van der Waals surface area contributed by atoms with E-state index in [1.165, 1.54) is 5.56 Å². The molecule has 1 aromatic rings. The quantitative estimate of drug-likeness (QED) is 0.746. The molecule has 0 spiro atoms. The maximum Gasteiger partial charge on any atom is 0.222 e. The van der Waals surface area contributed by atoms with Crippen molar-refractivity contribution < 1.29 is 4.79 Å². The molecule has 70 valence electrons. The van der Waals surface area contributed by atoms with Gasteiger partial charge in [-0.3, -0.25) is 4.79 Å². The van der Waals surface area contributed by atoms with Crippen molar-refractivity contribution in [1.29, 1.82) is 0 Å². The van der Waals surface area contributed by atoms with Crippen LogP contribution in [0.15, 0.2) is 30.3 Å². The fourth-order valence-corrected chi connectivity index (χ4v) is 1.31. The molecule has 0 radical (unpaired) electrons. The normalized spacial score (nSPS) is 12.2. The summed E-state index contributed by atoms with van der Waals surface area (Å²) < 4.78 is 0. The zero-order valence-corrected chi connectivity index (χ0v) is 8.08. The SMILES string of the molecule is CNC(=O)[C@H](C)Cc1ccccc1. The average Bonchev–Trinajstić information content (AvgIpc) is 2.18. The van der Waals surface area contributed by atoms with Crippen LogP contribution >= 0.6 is 0 Å². The van der Waals surface area contributed by atoms with Crippen LogP contribution in [0.3, 0.4) is 0 Å². The maximum atomic E-state index is 11.2. The largest absolute Gasteiger partial charge is 0.359 e. The number of hydrogen-bond donors (Lipinski definition) is 1. The van der Waals surface area contributed by atoms with E-state index in [2.05, 4.69) is 5.32 Å². The molecule has 1 N–H and O–H groups in total. The van der Waals surface area contributed by atoms with Crippen LogP contribution < -0.4 is 5.32 Å². The lowest BCUT2D eigenvalue weighted by Gasteiger charge is -2.09. The van der Waals surface area contributed by atoms with Crippen LogP contribution in [0.5, 0.6) is 0 Å². The molecule has 2 nitrogen and oxygen atoms in total. The molecule has 0 unspecified atom stereocenters. The summed E-state index contributed by atoms with van der Waals surface area (Å²) in [6.45, 7) is 1.94. The van der Waals surface area contributed by atoms with E-state index in [9.17, 15) is 4.79 Å². The third kappa shape index (κ3) is 2.90. The Labute approximate surface area is 79.0 Å². The topological polar surface area (TPSA) is 29.1 Å². The standard InChI is InChI=1S/C11H15NO/c1-9(11(13)12-2)8-10-6-4-3-5-7-10/h3-7,9H,8H2,1-2H3,(H,12,13)/t9-/m1/s1. The van der Waals surface area contributed by atoms with Crippen LogP contribution in [-0.2, 0) is 11.2 Å². The number of amides is 1. The molecule has 0 bridgehead atoms. The number of rotatable bonds is 3. The lowest BCUT2D eigenvalue weighted by Crippen LogP contribution is -2.26. The first-order valence-corrected chi connectivity index (χ1v) is 4.49. The molecule has 1 atom stereocenters. The lowest BCUT2D eigenvalue weighted by molar-refractivity contribution is -0.123. The van der Waals surface area contributed by atoms with Crippen molar-refractivity contribution in [3.63, 3.8) is 0 Å². The summed E-state index contributed by atoms with van der Waals surface area (Å²) in [5.41, 5.74) is 1.21. The van der Waals surface area contributed by atoms with Gasteiger partial charge in [-0.05, 0) is 12.0 Å². The molecule has 1 rings (SSSR count). The molecular formula is C11H15NO. The number of nitrogens with one attached hydrogen (secondary N) is 1. The van der Waals surface area contributed by atoms with Crippen molar-refractivity contribution in [3.8, 4) is 0 Å². The third-order valence-corrected chi connectivity index (χ3v) is 2.08. The number of benzene rings is 1. The van der Waals surface area contributed by atoms with Crippen molar-refractivity contribution in [3.05, 3.63) is 35.9 Å². The van der Waals surface area contributed by atoms with E-state index in [1.807, 2.05) is 37.3 Å². The van der Waals surface area contributed by atoms with E-state index in [-0.39, 0.29) is 11.8 Å². The van der Waals surface area contributed by atoms with Gasteiger partial charge in [-0.15, -0.1) is 0 Å². The predicted molar refractivity (Wildman–Crippen MR) is 53.4 cm³/mol. The average molecular weight is 177 g/mol. The molecular weight excluding hydrogens is 162 g/mol. The minimum absolute atomic E-state index is 0.0485. The van der Waals surface area contributed by atoms with Crippen LogP contribution in [0, 0.1) is 5.92 Å². The molecule has 0 aliphatic rings. The molecule has 0 heterocycles. The molecule has 2 heteroatoms. The molecule has 0 aliphatic carbocycles. The maximum absolute atomic E-state index is 11.2. The third-order valence-electron chi connectivity index (χ3n) is 2.08. The van der Waals surface area contributed by atoms with Gasteiger partial charge >= 0.3 is 0 Å². The summed E-state index contributed by atoms with van der Waals surface area (Å²) in [5, 5.41) is 2.65. The summed E-state index contributed by atoms with van der Waals surface area (Å²) in [5.74, 6) is 0.149. The molecule has 0 fully saturated rings. The fraction of sp³-hybridized carbons (Fsp3) is 0.364. The minimum atomic E-state index is 0.0485. The molecule has 0 aliphatic heterocycles. The van der Waals surface area contributed by atoms with Gasteiger partial charge in [0.05, 0.1) is 0 Å². The van der Waals surface area contributed by atoms with Gasteiger partial charge in [-0.2, -0.15) is 0 Å². The second-order valence-corrected chi connectivity index (χ2v) is 3.21. The van der Waals surface area contributed by atoms with E-state index in [0.717, 1.165) is 6.42 Å². The Kier molecular flexibility index (Phi) is 3.50. The van der Waals surface area contributed by atoms with Gasteiger partial charge < -0.3 is 5.32 Å². The molecule has 0 aromatic heterocycles. The highest BCUT2D eigenvalue weighted by atomic mass is 16.1. The van der Waals surface area contributed by atoms with E-state index in [0.29, 0.717) is 0 Å². The molecule has 13 heavy (non-hydrogen) atoms. The van der Waals surface area contributed by atoms with Crippen LogP contribution in [-0.4, -0.2) is 13.0 Å². The Bertz CT molecular complexity index is 269. The number of carbonyl (C=O) groups is 1. The summed E-state index contributed by atoms with van der Waals surface area (Å²) >= 11 is 0. The monoisotopic (exact) mass is 177 g/mol. The summed E-state index contributed by atoms with van der Waals surface area (Å²) in [6.07, 6.45) is 0.806. The number of hydrogen-bond acceptors (Lipinski definition) is 1. The summed E-state index contributed by atoms with van der Waals surface area (Å²) in [4.78, 5) is 11.2. The Morgan fingerprint density at radius 1 is 1.38 bits per heavy atom. The predicted octanol–water partition coefficient (Wildman–Crippen LogP) is 1.61. The van der Waals surface area contributed by atoms with Gasteiger partial charge in [-0.1, -0.05) is 37.3 Å². The first-order valence-electron chi connectivity index (χ1n) is 4.49. The van der Waals surface area contributed by atoms with Crippen LogP contribution in [0.2, 0.25) is 0 Å². The van der Waals surface area contributed by atoms with Crippen molar-refractivity contribution in [1.82, 2.24) is 5.32 Å². The highest BCUT2D eigenvalue weighted by Crippen LogP contribution is 2.07. The van der Waals surface area contributed by atoms with Gasteiger partial charge in [0.15, 0.2) is 0 Å². The summed E-state index contributed by atoms with van der Waals surface area (Å²) in [7, 11) is 1.67. The van der Waals surface area contributed by atoms with E-state index >= 15 is 0 Å². The highest BCUT2D eigenvalue weighted by molar-refractivity contribution is 5.78. The van der Waals surface area contributed by atoms with E-state index < -0.39 is 0 Å². The van der Waals surface area contributed by atoms with Gasteiger partial charge in [-0.25, -0.2) is 0 Å². The summed E-state index contributed by atoms with van der Waals surface area (Å²) in [6, 6.07) is 10.0. The van der Waals surface area contributed by atoms with Gasteiger partial charge in [0.25, 0.3) is 0 Å². The van der Waals surface area contributed by atoms with Crippen molar-refractivity contribution in [2.24, 2.45) is 5.92 Å². The lowest BCUT2D eigenvalue weighted by atomic mass is 10.0. The van der Waals surface area contributed by atoms with Gasteiger partial charge in [0.2, 0.25) is 5.91 Å². The fourth-order valence-electron chi connectivity index (χ4n) is 1.31. The molecule has 1 aromatic carbocycles. The van der Waals surface area contributed by atoms with Crippen LogP contribution in [0.25, 0.3) is 0 Å². The number of carbonyl (C=O) groups excluding carboxylic acids is 1. The second-order valence-electron chi connectivity index (χ2n) is 3.21. The minimum Gasteiger partial charge on any atom is -0.359 e. The first-order chi connectivity index (χ1) is 6.24. The van der Waals surface area contributed by atoms with Crippen LogP contribution in [0.4, 0.5) is 0 Å². The van der Waals surface area contributed by atoms with E-state index in [4.69, 9.17) is 0 Å². The molecule has 0 saturated heterocycles. The second kappa shape index (κ2) is 4.65. The Morgan fingerprint density at radius 3 is 2.54 bits per heavy atom. The molecule has 1 amide bonds. The molecule has 0 saturated carbocycles. The Morgan fingerprint density at radius 2 is 2.00 bits per heavy atom. The smallest absolute Gasteiger partial charge is 0.222 e. The zero-order chi connectivity index (χ0) is 9.68. The first kappa shape index (κ1) is 9.78. The Hall–Kier alpha value is -1.31. The van der Waals surface area contributed by atoms with E-state index in [1.54, 1.807) is 7.05 Å². The van der Waals surface area contributed by atoms with Crippen molar-refractivity contribution in [2.75, 3.05) is 7.05 Å². The van der Waals surface area contributed by atoms with Crippen molar-refractivity contribution in [2.45, 2.75) is 13.3 Å². The van der Waals surface area contributed by atoms with Gasteiger partial charge in [0.1, 0.15) is 0 Å². The van der Waals surface area contributed by atoms with Gasteiger partial charge in [0, 0.05) is 13.0 Å². The highest BCUT2D eigenvalue weighted by Gasteiger charge is 2.10. The van der Waals surface area contributed by atoms with Crippen LogP contribution in [0.1, 0.15) is 12.5 Å². The zero-order valence-electron chi connectivity index (χ0n) is 8.08. The van der Waals surface area contributed by atoms with Crippen molar-refractivity contribution >= 4 is 5.91 Å². The Balaban J connectivity index is 2.55.